The Morgan fingerprint density at radius 1 is 0.865 bits per heavy atom. The second kappa shape index (κ2) is 11.6. The van der Waals surface area contributed by atoms with E-state index in [0.717, 1.165) is 62.9 Å². The zero-order valence-electron chi connectivity index (χ0n) is 21.1. The molecule has 5 nitrogen and oxygen atoms in total. The Kier molecular flexibility index (Phi) is 7.83. The van der Waals surface area contributed by atoms with Crippen molar-refractivity contribution in [2.45, 2.75) is 45.1 Å². The van der Waals surface area contributed by atoms with Gasteiger partial charge in [-0.2, -0.15) is 0 Å². The van der Waals surface area contributed by atoms with Crippen LogP contribution in [0.25, 0.3) is 0 Å². The molecule has 2 N–H and O–H groups in total. The molecule has 1 aliphatic heterocycles. The fourth-order valence-electron chi connectivity index (χ4n) is 5.19. The number of halogens is 1. The van der Waals surface area contributed by atoms with Gasteiger partial charge in [0.1, 0.15) is 5.82 Å². The second-order valence-corrected chi connectivity index (χ2v) is 10.3. The highest BCUT2D eigenvalue weighted by Gasteiger charge is 2.27. The number of hydrogen-bond acceptors (Lipinski definition) is 3. The highest BCUT2D eigenvalue weighted by atomic mass is 19.1. The molecule has 0 bridgehead atoms. The molecular formula is C31H34FN3O2. The number of hydrogen-bond donors (Lipinski definition) is 2. The number of carbonyl (C=O) groups is 2. The van der Waals surface area contributed by atoms with Gasteiger partial charge >= 0.3 is 0 Å². The molecule has 3 aromatic carbocycles. The van der Waals surface area contributed by atoms with Crippen molar-refractivity contribution in [1.29, 1.82) is 0 Å². The van der Waals surface area contributed by atoms with Crippen LogP contribution in [0.2, 0.25) is 0 Å². The molecule has 0 aromatic heterocycles. The van der Waals surface area contributed by atoms with Crippen molar-refractivity contribution >= 4 is 23.2 Å². The first-order valence-electron chi connectivity index (χ1n) is 13.3. The molecule has 0 spiro atoms. The van der Waals surface area contributed by atoms with Crippen molar-refractivity contribution in [3.05, 3.63) is 95.3 Å². The lowest BCUT2D eigenvalue weighted by Crippen LogP contribution is -2.36. The molecular weight excluding hydrogens is 465 g/mol. The van der Waals surface area contributed by atoms with Crippen LogP contribution in [0.4, 0.5) is 15.8 Å². The largest absolute Gasteiger partial charge is 0.371 e. The Bertz CT molecular complexity index is 1220. The fraction of sp³-hybridized carbons (Fsp3) is 0.355. The summed E-state index contributed by atoms with van der Waals surface area (Å²) in [5.41, 5.74) is 4.28. The summed E-state index contributed by atoms with van der Waals surface area (Å²) in [4.78, 5) is 28.2. The minimum atomic E-state index is -0.303. The van der Waals surface area contributed by atoms with Crippen molar-refractivity contribution in [2.75, 3.05) is 23.3 Å². The number of rotatable bonds is 8. The summed E-state index contributed by atoms with van der Waals surface area (Å²) in [7, 11) is 0. The van der Waals surface area contributed by atoms with Gasteiger partial charge < -0.3 is 15.5 Å². The number of benzene rings is 3. The number of carbonyl (C=O) groups excluding carboxylic acids is 2. The van der Waals surface area contributed by atoms with Crippen LogP contribution in [-0.4, -0.2) is 24.9 Å². The van der Waals surface area contributed by atoms with E-state index in [-0.39, 0.29) is 23.5 Å². The first-order chi connectivity index (χ1) is 18.0. The Hall–Kier alpha value is -3.67. The monoisotopic (exact) mass is 499 g/mol. The molecule has 37 heavy (non-hydrogen) atoms. The quantitative estimate of drug-likeness (QED) is 0.402. The van der Waals surface area contributed by atoms with E-state index < -0.39 is 0 Å². The molecule has 1 heterocycles. The van der Waals surface area contributed by atoms with Gasteiger partial charge in [-0.1, -0.05) is 48.9 Å². The van der Waals surface area contributed by atoms with Crippen molar-refractivity contribution in [3.63, 3.8) is 0 Å². The molecule has 6 heteroatoms. The number of piperidine rings is 1. The zero-order chi connectivity index (χ0) is 25.6. The third-order valence-corrected chi connectivity index (χ3v) is 7.67. The van der Waals surface area contributed by atoms with Crippen LogP contribution in [0.15, 0.2) is 72.8 Å². The fourth-order valence-corrected chi connectivity index (χ4v) is 5.19. The summed E-state index contributed by atoms with van der Waals surface area (Å²) >= 11 is 0. The molecule has 192 valence electrons. The summed E-state index contributed by atoms with van der Waals surface area (Å²) in [6, 6.07) is 22.4. The SMILES string of the molecule is O=C(NCc1ccc(F)cc1)c1cc(NC(=O)C2CCC2)ccc1N1CCC(Cc2ccccc2)CC1. The maximum Gasteiger partial charge on any atom is 0.253 e. The van der Waals surface area contributed by atoms with Crippen molar-refractivity contribution < 1.29 is 14.0 Å². The first-order valence-corrected chi connectivity index (χ1v) is 13.3. The highest BCUT2D eigenvalue weighted by Crippen LogP contribution is 2.32. The van der Waals surface area contributed by atoms with E-state index in [1.54, 1.807) is 18.2 Å². The summed E-state index contributed by atoms with van der Waals surface area (Å²) in [5.74, 6) is 0.210. The van der Waals surface area contributed by atoms with Crippen molar-refractivity contribution in [2.24, 2.45) is 11.8 Å². The Balaban J connectivity index is 1.30. The number of nitrogens with one attached hydrogen (secondary N) is 2. The standard InChI is InChI=1S/C31H34FN3O2/c32-26-11-9-24(10-12-26)21-33-31(37)28-20-27(34-30(36)25-7-4-8-25)13-14-29(28)35-17-15-23(16-18-35)19-22-5-2-1-3-6-22/h1-3,5-6,9-14,20,23,25H,4,7-8,15-19,21H2,(H,33,37)(H,34,36). The van der Waals surface area contributed by atoms with Gasteiger partial charge in [-0.3, -0.25) is 9.59 Å². The highest BCUT2D eigenvalue weighted by molar-refractivity contribution is 6.02. The topological polar surface area (TPSA) is 61.4 Å². The van der Waals surface area contributed by atoms with E-state index in [1.807, 2.05) is 18.2 Å². The summed E-state index contributed by atoms with van der Waals surface area (Å²) < 4.78 is 13.3. The Labute approximate surface area is 218 Å². The minimum absolute atomic E-state index is 0.0263. The molecule has 0 atom stereocenters. The van der Waals surface area contributed by atoms with Crippen LogP contribution in [-0.2, 0) is 17.8 Å². The predicted molar refractivity (Wildman–Crippen MR) is 145 cm³/mol. The van der Waals surface area contributed by atoms with Crippen LogP contribution >= 0.6 is 0 Å². The summed E-state index contributed by atoms with van der Waals surface area (Å²) in [6.45, 7) is 2.06. The number of anilines is 2. The average molecular weight is 500 g/mol. The van der Waals surface area contributed by atoms with E-state index in [1.165, 1.54) is 17.7 Å². The lowest BCUT2D eigenvalue weighted by atomic mass is 9.85. The van der Waals surface area contributed by atoms with E-state index in [4.69, 9.17) is 0 Å². The molecule has 2 fully saturated rings. The van der Waals surface area contributed by atoms with E-state index in [2.05, 4.69) is 39.8 Å². The number of nitrogens with zero attached hydrogens (tertiary/aromatic N) is 1. The molecule has 0 unspecified atom stereocenters. The van der Waals surface area contributed by atoms with Crippen LogP contribution in [0.1, 0.15) is 53.6 Å². The van der Waals surface area contributed by atoms with Gasteiger partial charge in [-0.25, -0.2) is 4.39 Å². The maximum absolute atomic E-state index is 13.4. The van der Waals surface area contributed by atoms with E-state index in [9.17, 15) is 14.0 Å². The Morgan fingerprint density at radius 3 is 2.27 bits per heavy atom. The van der Waals surface area contributed by atoms with Gasteiger partial charge in [-0.15, -0.1) is 0 Å². The third-order valence-electron chi connectivity index (χ3n) is 7.67. The molecule has 0 radical (unpaired) electrons. The van der Waals surface area contributed by atoms with Gasteiger partial charge in [0.05, 0.1) is 5.56 Å². The van der Waals surface area contributed by atoms with Gasteiger partial charge in [0.2, 0.25) is 5.91 Å². The first kappa shape index (κ1) is 25.0. The maximum atomic E-state index is 13.4. The van der Waals surface area contributed by atoms with Crippen molar-refractivity contribution in [3.8, 4) is 0 Å². The normalized spacial score (nSPS) is 16.2. The van der Waals surface area contributed by atoms with Gasteiger partial charge in [0.15, 0.2) is 0 Å². The van der Waals surface area contributed by atoms with Gasteiger partial charge in [0.25, 0.3) is 5.91 Å². The zero-order valence-corrected chi connectivity index (χ0v) is 21.1. The smallest absolute Gasteiger partial charge is 0.253 e. The van der Waals surface area contributed by atoms with Crippen molar-refractivity contribution in [1.82, 2.24) is 5.32 Å². The summed E-state index contributed by atoms with van der Waals surface area (Å²) in [6.07, 6.45) is 6.14. The molecule has 3 aromatic rings. The second-order valence-electron chi connectivity index (χ2n) is 10.3. The van der Waals surface area contributed by atoms with Crippen LogP contribution in [0.5, 0.6) is 0 Å². The average Bonchev–Trinajstić information content (AvgIpc) is 2.88. The predicted octanol–water partition coefficient (Wildman–Crippen LogP) is 5.95. The van der Waals surface area contributed by atoms with Crippen LogP contribution < -0.4 is 15.5 Å². The third kappa shape index (κ3) is 6.37. The number of amides is 2. The van der Waals surface area contributed by atoms with E-state index in [0.29, 0.717) is 23.7 Å². The van der Waals surface area contributed by atoms with Gasteiger partial charge in [-0.05, 0) is 79.5 Å². The Morgan fingerprint density at radius 2 is 1.59 bits per heavy atom. The van der Waals surface area contributed by atoms with Gasteiger partial charge in [0, 0.05) is 36.9 Å². The minimum Gasteiger partial charge on any atom is -0.371 e. The molecule has 5 rings (SSSR count). The summed E-state index contributed by atoms with van der Waals surface area (Å²) in [5, 5.41) is 5.99. The molecule has 1 saturated carbocycles. The lowest BCUT2D eigenvalue weighted by Gasteiger charge is -2.35. The molecule has 1 aliphatic carbocycles. The van der Waals surface area contributed by atoms with E-state index >= 15 is 0 Å². The lowest BCUT2D eigenvalue weighted by molar-refractivity contribution is -0.122. The van der Waals surface area contributed by atoms with Crippen LogP contribution in [0.3, 0.4) is 0 Å². The van der Waals surface area contributed by atoms with Crippen LogP contribution in [0, 0.1) is 17.7 Å². The molecule has 2 aliphatic rings. The molecule has 2 amide bonds. The molecule has 1 saturated heterocycles.